The summed E-state index contributed by atoms with van der Waals surface area (Å²) in [4.78, 5) is 15.7. The lowest BCUT2D eigenvalue weighted by Gasteiger charge is -2.36. The molecule has 0 aromatic rings. The monoisotopic (exact) mass is 268 g/mol. The number of hydrogen-bond donors (Lipinski definition) is 1. The van der Waals surface area contributed by atoms with E-state index in [1.54, 1.807) is 0 Å². The largest absolute Gasteiger partial charge is 0.396 e. The Balaban J connectivity index is 1.80. The molecule has 1 amide bonds. The van der Waals surface area contributed by atoms with E-state index in [9.17, 15) is 9.90 Å². The van der Waals surface area contributed by atoms with Crippen LogP contribution in [0.4, 0.5) is 0 Å². The quantitative estimate of drug-likeness (QED) is 0.818. The topological polar surface area (TPSA) is 43.8 Å². The molecule has 1 N–H and O–H groups in total. The van der Waals surface area contributed by atoms with Crippen LogP contribution in [0.1, 0.15) is 38.5 Å². The minimum Gasteiger partial charge on any atom is -0.396 e. The van der Waals surface area contributed by atoms with Crippen LogP contribution >= 0.6 is 0 Å². The lowest BCUT2D eigenvalue weighted by Crippen LogP contribution is -2.44. The summed E-state index contributed by atoms with van der Waals surface area (Å²) < 4.78 is 0. The van der Waals surface area contributed by atoms with Gasteiger partial charge in [0.2, 0.25) is 5.91 Å². The van der Waals surface area contributed by atoms with E-state index in [-0.39, 0.29) is 11.3 Å². The molecule has 1 aliphatic carbocycles. The van der Waals surface area contributed by atoms with E-state index < -0.39 is 0 Å². The molecule has 1 saturated heterocycles. The molecule has 2 rings (SSSR count). The predicted octanol–water partition coefficient (Wildman–Crippen LogP) is 1.34. The fourth-order valence-electron chi connectivity index (χ4n) is 3.82. The number of nitrogens with zero attached hydrogens (tertiary/aromatic N) is 2. The highest BCUT2D eigenvalue weighted by molar-refractivity contribution is 5.76. The highest BCUT2D eigenvalue weighted by atomic mass is 16.3. The Bertz CT molecular complexity index is 313. The van der Waals surface area contributed by atoms with Crippen molar-refractivity contribution in [2.75, 3.05) is 40.3 Å². The second-order valence-corrected chi connectivity index (χ2v) is 6.74. The third-order valence-electron chi connectivity index (χ3n) is 4.90. The van der Waals surface area contributed by atoms with E-state index in [2.05, 4.69) is 11.9 Å². The van der Waals surface area contributed by atoms with Crippen molar-refractivity contribution in [3.63, 3.8) is 0 Å². The van der Waals surface area contributed by atoms with Crippen LogP contribution in [0, 0.1) is 11.3 Å². The number of amides is 1. The van der Waals surface area contributed by atoms with Crippen LogP contribution in [-0.2, 0) is 4.79 Å². The Hall–Kier alpha value is -0.610. The Labute approximate surface area is 116 Å². The molecule has 1 aliphatic heterocycles. The third kappa shape index (κ3) is 3.69. The lowest BCUT2D eigenvalue weighted by atomic mass is 9.86. The van der Waals surface area contributed by atoms with Crippen LogP contribution in [0.3, 0.4) is 0 Å². The molecule has 0 aromatic heterocycles. The molecule has 1 heterocycles. The zero-order valence-electron chi connectivity index (χ0n) is 12.4. The fourth-order valence-corrected chi connectivity index (χ4v) is 3.82. The average molecular weight is 268 g/mol. The lowest BCUT2D eigenvalue weighted by molar-refractivity contribution is -0.133. The predicted molar refractivity (Wildman–Crippen MR) is 75.8 cm³/mol. The average Bonchev–Trinajstić information content (AvgIpc) is 2.83. The van der Waals surface area contributed by atoms with Crippen LogP contribution in [-0.4, -0.2) is 61.2 Å². The summed E-state index contributed by atoms with van der Waals surface area (Å²) in [5, 5.41) is 9.67. The second-order valence-electron chi connectivity index (χ2n) is 6.74. The number of aliphatic hydroxyl groups excluding tert-OH is 1. The zero-order chi connectivity index (χ0) is 13.9. The molecule has 19 heavy (non-hydrogen) atoms. The van der Waals surface area contributed by atoms with E-state index in [4.69, 9.17) is 0 Å². The number of carbonyl (C=O) groups excluding carboxylic acids is 1. The number of carbonyl (C=O) groups is 1. The van der Waals surface area contributed by atoms with Gasteiger partial charge in [-0.15, -0.1) is 0 Å². The van der Waals surface area contributed by atoms with E-state index in [0.717, 1.165) is 38.9 Å². The van der Waals surface area contributed by atoms with Crippen molar-refractivity contribution in [2.45, 2.75) is 38.5 Å². The molecular weight excluding hydrogens is 240 g/mol. The van der Waals surface area contributed by atoms with Crippen molar-refractivity contribution in [3.8, 4) is 0 Å². The van der Waals surface area contributed by atoms with E-state index >= 15 is 0 Å². The summed E-state index contributed by atoms with van der Waals surface area (Å²) >= 11 is 0. The first kappa shape index (κ1) is 14.8. The summed E-state index contributed by atoms with van der Waals surface area (Å²) in [5.41, 5.74) is 0.144. The van der Waals surface area contributed by atoms with Gasteiger partial charge in [0.25, 0.3) is 0 Å². The highest BCUT2D eigenvalue weighted by Gasteiger charge is 2.35. The first-order valence-electron chi connectivity index (χ1n) is 7.58. The van der Waals surface area contributed by atoms with E-state index in [1.807, 2.05) is 11.9 Å². The summed E-state index contributed by atoms with van der Waals surface area (Å²) in [6.45, 7) is 3.24. The third-order valence-corrected chi connectivity index (χ3v) is 4.90. The summed E-state index contributed by atoms with van der Waals surface area (Å²) in [7, 11) is 4.06. The second kappa shape index (κ2) is 6.23. The van der Waals surface area contributed by atoms with Crippen molar-refractivity contribution in [2.24, 2.45) is 11.3 Å². The van der Waals surface area contributed by atoms with Gasteiger partial charge in [0.1, 0.15) is 0 Å². The molecule has 2 fully saturated rings. The van der Waals surface area contributed by atoms with Gasteiger partial charge < -0.3 is 14.9 Å². The Morgan fingerprint density at radius 1 is 1.42 bits per heavy atom. The minimum atomic E-state index is 0.144. The van der Waals surface area contributed by atoms with Gasteiger partial charge in [-0.05, 0) is 32.2 Å². The van der Waals surface area contributed by atoms with Gasteiger partial charge in [0.15, 0.2) is 0 Å². The van der Waals surface area contributed by atoms with Crippen molar-refractivity contribution < 1.29 is 9.90 Å². The normalized spacial score (nSPS) is 27.3. The number of aliphatic hydroxyl groups is 1. The van der Waals surface area contributed by atoms with Gasteiger partial charge in [-0.3, -0.25) is 4.79 Å². The van der Waals surface area contributed by atoms with Crippen LogP contribution in [0.15, 0.2) is 0 Å². The smallest absolute Gasteiger partial charge is 0.222 e. The molecule has 4 heteroatoms. The van der Waals surface area contributed by atoms with Crippen molar-refractivity contribution >= 4 is 5.91 Å². The van der Waals surface area contributed by atoms with Crippen LogP contribution in [0.5, 0.6) is 0 Å². The molecule has 4 nitrogen and oxygen atoms in total. The molecule has 2 aliphatic rings. The maximum Gasteiger partial charge on any atom is 0.222 e. The first-order valence-corrected chi connectivity index (χ1v) is 7.58. The van der Waals surface area contributed by atoms with Gasteiger partial charge in [0, 0.05) is 45.1 Å². The van der Waals surface area contributed by atoms with Gasteiger partial charge in [0.05, 0.1) is 0 Å². The van der Waals surface area contributed by atoms with Gasteiger partial charge in [-0.1, -0.05) is 12.8 Å². The molecule has 0 radical (unpaired) electrons. The minimum absolute atomic E-state index is 0.144. The summed E-state index contributed by atoms with van der Waals surface area (Å²) in [5.74, 6) is 0.867. The van der Waals surface area contributed by atoms with Gasteiger partial charge >= 0.3 is 0 Å². The van der Waals surface area contributed by atoms with Crippen molar-refractivity contribution in [1.29, 1.82) is 0 Å². The molecule has 110 valence electrons. The maximum atomic E-state index is 11.5. The standard InChI is InChI=1S/C15H28N2O2/c1-16(11-15(12-18)7-3-4-8-15)9-13-5-6-14(19)17(2)10-13/h13,18H,3-12H2,1-2H3. The fraction of sp³-hybridized carbons (Fsp3) is 0.933. The van der Waals surface area contributed by atoms with Crippen LogP contribution in [0.2, 0.25) is 0 Å². The maximum absolute atomic E-state index is 11.5. The Kier molecular flexibility index (Phi) is 4.85. The van der Waals surface area contributed by atoms with Crippen molar-refractivity contribution in [1.82, 2.24) is 9.80 Å². The molecule has 0 bridgehead atoms. The highest BCUT2D eigenvalue weighted by Crippen LogP contribution is 2.38. The summed E-state index contributed by atoms with van der Waals surface area (Å²) in [6.07, 6.45) is 6.55. The van der Waals surface area contributed by atoms with E-state index in [1.165, 1.54) is 12.8 Å². The SMILES string of the molecule is CN(CC1CCC(=O)N(C)C1)CC1(CO)CCCC1. The number of piperidine rings is 1. The first-order chi connectivity index (χ1) is 9.04. The molecule has 1 atom stereocenters. The van der Waals surface area contributed by atoms with Gasteiger partial charge in [-0.25, -0.2) is 0 Å². The van der Waals surface area contributed by atoms with Crippen molar-refractivity contribution in [3.05, 3.63) is 0 Å². The number of rotatable bonds is 5. The van der Waals surface area contributed by atoms with E-state index in [0.29, 0.717) is 18.9 Å². The molecular formula is C15H28N2O2. The Morgan fingerprint density at radius 2 is 2.11 bits per heavy atom. The molecule has 0 aromatic carbocycles. The van der Waals surface area contributed by atoms with Crippen LogP contribution < -0.4 is 0 Å². The molecule has 1 unspecified atom stereocenters. The Morgan fingerprint density at radius 3 is 2.68 bits per heavy atom. The zero-order valence-corrected chi connectivity index (χ0v) is 12.4. The molecule has 1 saturated carbocycles. The molecule has 0 spiro atoms. The number of hydrogen-bond acceptors (Lipinski definition) is 3. The summed E-state index contributed by atoms with van der Waals surface area (Å²) in [6, 6.07) is 0. The number of likely N-dealkylation sites (tertiary alicyclic amines) is 1. The van der Waals surface area contributed by atoms with Gasteiger partial charge in [-0.2, -0.15) is 0 Å². The van der Waals surface area contributed by atoms with Crippen LogP contribution in [0.25, 0.3) is 0 Å².